The number of cyclic esters (lactones) is 1. The Hall–Kier alpha value is -4.69. The predicted octanol–water partition coefficient (Wildman–Crippen LogP) is 2.80. The molecular weight excluding hydrogens is 655 g/mol. The lowest BCUT2D eigenvalue weighted by molar-refractivity contribution is -0.168. The molecule has 1 unspecified atom stereocenters. The van der Waals surface area contributed by atoms with Gasteiger partial charge in [0, 0.05) is 12.7 Å². The number of nitrogens with zero attached hydrogens (tertiary/aromatic N) is 2. The van der Waals surface area contributed by atoms with E-state index in [2.05, 4.69) is 10.6 Å². The summed E-state index contributed by atoms with van der Waals surface area (Å²) in [7, 11) is 1.34. The van der Waals surface area contributed by atoms with E-state index in [-0.39, 0.29) is 47.5 Å². The molecule has 13 nitrogen and oxygen atoms in total. The van der Waals surface area contributed by atoms with Gasteiger partial charge in [-0.1, -0.05) is 65.7 Å². The summed E-state index contributed by atoms with van der Waals surface area (Å²) < 4.78 is 16.1. The zero-order valence-electron chi connectivity index (χ0n) is 25.0. The van der Waals surface area contributed by atoms with Crippen LogP contribution in [-0.4, -0.2) is 79.9 Å². The number of ether oxygens (including phenoxy) is 3. The van der Waals surface area contributed by atoms with Crippen molar-refractivity contribution in [1.29, 1.82) is 0 Å². The van der Waals surface area contributed by atoms with Gasteiger partial charge in [-0.3, -0.25) is 28.9 Å². The third-order valence-corrected chi connectivity index (χ3v) is 7.99. The van der Waals surface area contributed by atoms with Crippen LogP contribution in [0.15, 0.2) is 66.7 Å². The average Bonchev–Trinajstić information content (AvgIpc) is 3.36. The Labute approximate surface area is 279 Å². The number of carbonyl (C=O) groups excluding carboxylic acids is 5. The van der Waals surface area contributed by atoms with Gasteiger partial charge < -0.3 is 34.9 Å². The molecule has 3 aromatic rings. The number of rotatable bonds is 10. The van der Waals surface area contributed by atoms with Crippen molar-refractivity contribution in [3.8, 4) is 5.75 Å². The van der Waals surface area contributed by atoms with E-state index in [9.17, 15) is 29.1 Å². The van der Waals surface area contributed by atoms with Crippen molar-refractivity contribution in [3.05, 3.63) is 87.9 Å². The monoisotopic (exact) mass is 684 g/mol. The van der Waals surface area contributed by atoms with Gasteiger partial charge in [-0.15, -0.1) is 0 Å². The highest BCUT2D eigenvalue weighted by atomic mass is 35.5. The van der Waals surface area contributed by atoms with E-state index < -0.39 is 60.3 Å². The molecule has 5 rings (SSSR count). The minimum absolute atomic E-state index is 0.0566. The normalized spacial score (nSPS) is 19.1. The first kappa shape index (κ1) is 33.7. The summed E-state index contributed by atoms with van der Waals surface area (Å²) >= 11 is 12.0. The first-order valence-corrected chi connectivity index (χ1v) is 15.1. The smallest absolute Gasteiger partial charge is 0.310 e. The number of phenols is 1. The molecule has 0 bridgehead atoms. The van der Waals surface area contributed by atoms with Crippen LogP contribution in [0.25, 0.3) is 0 Å². The van der Waals surface area contributed by atoms with E-state index >= 15 is 0 Å². The Morgan fingerprint density at radius 1 is 0.979 bits per heavy atom. The number of methoxy groups -OCH3 is 1. The number of carbonyl (C=O) groups is 5. The fourth-order valence-electron chi connectivity index (χ4n) is 5.19. The highest BCUT2D eigenvalue weighted by Gasteiger charge is 2.40. The number of nitrogens with one attached hydrogen (secondary N) is 2. The molecule has 246 valence electrons. The van der Waals surface area contributed by atoms with Crippen LogP contribution in [0.5, 0.6) is 5.75 Å². The van der Waals surface area contributed by atoms with Crippen LogP contribution in [0.2, 0.25) is 10.0 Å². The SMILES string of the molecule is COCC(=O)N1C[C@H](NC(=O)c2cc(Cl)c(O)c(Cl)c2)C(=O)N(CC(=O)N[C@H]2CC(=O)OC2OCc2ccccc2)c2ccccc21. The first-order chi connectivity index (χ1) is 22.5. The molecule has 2 aliphatic heterocycles. The molecule has 3 N–H and O–H groups in total. The molecule has 1 fully saturated rings. The molecule has 0 spiro atoms. The Morgan fingerprint density at radius 3 is 2.32 bits per heavy atom. The molecule has 0 aromatic heterocycles. The number of para-hydroxylation sites is 2. The number of aromatic hydroxyl groups is 1. The molecule has 3 atom stereocenters. The zero-order chi connectivity index (χ0) is 33.7. The summed E-state index contributed by atoms with van der Waals surface area (Å²) in [5.41, 5.74) is 1.30. The van der Waals surface area contributed by atoms with Gasteiger partial charge in [0.2, 0.25) is 12.2 Å². The van der Waals surface area contributed by atoms with Gasteiger partial charge >= 0.3 is 5.97 Å². The van der Waals surface area contributed by atoms with E-state index in [0.717, 1.165) is 10.5 Å². The maximum absolute atomic E-state index is 14.1. The highest BCUT2D eigenvalue weighted by Crippen LogP contribution is 2.34. The molecular formula is C32H30Cl2N4O9. The van der Waals surface area contributed by atoms with Gasteiger partial charge in [0.05, 0.1) is 41.0 Å². The van der Waals surface area contributed by atoms with Crippen molar-refractivity contribution >= 4 is 64.2 Å². The summed E-state index contributed by atoms with van der Waals surface area (Å²) in [5, 5.41) is 14.9. The van der Waals surface area contributed by atoms with Gasteiger partial charge in [0.1, 0.15) is 25.2 Å². The van der Waals surface area contributed by atoms with Gasteiger partial charge in [0.25, 0.3) is 17.7 Å². The van der Waals surface area contributed by atoms with Crippen LogP contribution in [0.1, 0.15) is 22.3 Å². The van der Waals surface area contributed by atoms with Crippen molar-refractivity contribution in [2.45, 2.75) is 31.4 Å². The van der Waals surface area contributed by atoms with Crippen LogP contribution >= 0.6 is 23.2 Å². The second kappa shape index (κ2) is 14.8. The number of phenolic OH excluding ortho intramolecular Hbond substituents is 1. The summed E-state index contributed by atoms with van der Waals surface area (Å²) in [4.78, 5) is 68.6. The van der Waals surface area contributed by atoms with E-state index in [1.54, 1.807) is 24.3 Å². The number of esters is 1. The Morgan fingerprint density at radius 2 is 1.64 bits per heavy atom. The fraction of sp³-hybridized carbons (Fsp3) is 0.281. The molecule has 1 saturated heterocycles. The highest BCUT2D eigenvalue weighted by molar-refractivity contribution is 6.37. The average molecular weight is 686 g/mol. The summed E-state index contributed by atoms with van der Waals surface area (Å²) in [6.07, 6.45) is -1.21. The number of hydrogen-bond acceptors (Lipinski definition) is 9. The standard InChI is InChI=1S/C32H30Cl2N4O9/c1-45-17-27(40)37-14-23(36-30(43)19-11-20(33)29(42)21(34)12-19)31(44)38(25-10-6-5-9-24(25)37)15-26(39)35-22-13-28(41)47-32(22)46-16-18-7-3-2-4-8-18/h2-12,22-23,32,42H,13-17H2,1H3,(H,35,39)(H,36,43)/t22-,23-,32?/m0/s1. The van der Waals surface area contributed by atoms with Crippen LogP contribution < -0.4 is 20.4 Å². The predicted molar refractivity (Wildman–Crippen MR) is 170 cm³/mol. The lowest BCUT2D eigenvalue weighted by atomic mass is 10.1. The third-order valence-electron chi connectivity index (χ3n) is 7.41. The van der Waals surface area contributed by atoms with E-state index in [1.807, 2.05) is 30.3 Å². The second-order valence-electron chi connectivity index (χ2n) is 10.7. The zero-order valence-corrected chi connectivity index (χ0v) is 26.5. The summed E-state index contributed by atoms with van der Waals surface area (Å²) in [5.74, 6) is -3.62. The maximum Gasteiger partial charge on any atom is 0.310 e. The van der Waals surface area contributed by atoms with Gasteiger partial charge in [-0.25, -0.2) is 0 Å². The molecule has 0 aliphatic carbocycles. The minimum Gasteiger partial charge on any atom is -0.505 e. The quantitative estimate of drug-likeness (QED) is 0.273. The van der Waals surface area contributed by atoms with Crippen molar-refractivity contribution in [2.24, 2.45) is 0 Å². The molecule has 3 aromatic carbocycles. The number of fused-ring (bicyclic) bond motifs is 1. The van der Waals surface area contributed by atoms with Crippen LogP contribution in [-0.2, 0) is 40.0 Å². The fourth-order valence-corrected chi connectivity index (χ4v) is 5.67. The van der Waals surface area contributed by atoms with Gasteiger partial charge in [0.15, 0.2) is 5.75 Å². The number of benzene rings is 3. The van der Waals surface area contributed by atoms with Crippen LogP contribution in [0, 0.1) is 0 Å². The third kappa shape index (κ3) is 7.83. The van der Waals surface area contributed by atoms with E-state index in [1.165, 1.54) is 24.1 Å². The van der Waals surface area contributed by atoms with Gasteiger partial charge in [-0.05, 0) is 29.8 Å². The Kier molecular flexibility index (Phi) is 10.6. The maximum atomic E-state index is 14.1. The lowest BCUT2D eigenvalue weighted by Crippen LogP contribution is -2.55. The van der Waals surface area contributed by atoms with Crippen molar-refractivity contribution in [1.82, 2.24) is 10.6 Å². The van der Waals surface area contributed by atoms with E-state index in [0.29, 0.717) is 5.69 Å². The molecule has 2 heterocycles. The lowest BCUT2D eigenvalue weighted by Gasteiger charge is -2.26. The summed E-state index contributed by atoms with van der Waals surface area (Å²) in [6.45, 7) is -1.04. The van der Waals surface area contributed by atoms with Crippen molar-refractivity contribution < 1.29 is 43.3 Å². The number of halogens is 2. The molecule has 15 heteroatoms. The molecule has 2 aliphatic rings. The summed E-state index contributed by atoms with van der Waals surface area (Å²) in [6, 6.07) is 15.8. The van der Waals surface area contributed by atoms with E-state index in [4.69, 9.17) is 37.4 Å². The number of anilines is 2. The van der Waals surface area contributed by atoms with Crippen molar-refractivity contribution in [2.75, 3.05) is 36.6 Å². The minimum atomic E-state index is -1.35. The van der Waals surface area contributed by atoms with Crippen LogP contribution in [0.4, 0.5) is 11.4 Å². The topological polar surface area (TPSA) is 164 Å². The molecule has 0 radical (unpaired) electrons. The number of hydrogen-bond donors (Lipinski definition) is 3. The first-order valence-electron chi connectivity index (χ1n) is 14.4. The second-order valence-corrected chi connectivity index (χ2v) is 11.5. The van der Waals surface area contributed by atoms with Gasteiger partial charge in [-0.2, -0.15) is 0 Å². The molecule has 47 heavy (non-hydrogen) atoms. The Bertz CT molecular complexity index is 1670. The molecule has 0 saturated carbocycles. The van der Waals surface area contributed by atoms with Crippen molar-refractivity contribution in [3.63, 3.8) is 0 Å². The molecule has 4 amide bonds. The van der Waals surface area contributed by atoms with Crippen LogP contribution in [0.3, 0.4) is 0 Å². The Balaban J connectivity index is 1.39. The largest absolute Gasteiger partial charge is 0.505 e. The number of amides is 4.